The molecule has 1 amide bonds. The summed E-state index contributed by atoms with van der Waals surface area (Å²) in [5, 5.41) is 12.4. The van der Waals surface area contributed by atoms with Crippen LogP contribution in [0.25, 0.3) is 0 Å². The largest absolute Gasteiger partial charge is 0.399 e. The molecule has 1 aromatic carbocycles. The van der Waals surface area contributed by atoms with E-state index < -0.39 is 0 Å². The second-order valence-electron chi connectivity index (χ2n) is 5.72. The fourth-order valence-electron chi connectivity index (χ4n) is 2.64. The van der Waals surface area contributed by atoms with Gasteiger partial charge < -0.3 is 16.2 Å². The molecule has 0 aromatic heterocycles. The van der Waals surface area contributed by atoms with Crippen molar-refractivity contribution in [2.45, 2.75) is 44.6 Å². The van der Waals surface area contributed by atoms with E-state index in [1.54, 1.807) is 0 Å². The van der Waals surface area contributed by atoms with Crippen LogP contribution in [-0.4, -0.2) is 23.7 Å². The number of nitrogen functional groups attached to an aromatic ring is 1. The Morgan fingerprint density at radius 3 is 2.50 bits per heavy atom. The molecule has 1 aliphatic carbocycles. The molecule has 0 saturated heterocycles. The molecule has 4 heteroatoms. The second-order valence-corrected chi connectivity index (χ2v) is 5.72. The first-order valence-corrected chi connectivity index (χ1v) is 7.42. The quantitative estimate of drug-likeness (QED) is 0.719. The Balaban J connectivity index is 1.64. The zero-order valence-electron chi connectivity index (χ0n) is 11.8. The molecule has 110 valence electrons. The summed E-state index contributed by atoms with van der Waals surface area (Å²) in [6, 6.07) is 7.65. The molecule has 20 heavy (non-hydrogen) atoms. The van der Waals surface area contributed by atoms with Crippen LogP contribution in [0.4, 0.5) is 5.69 Å². The van der Waals surface area contributed by atoms with E-state index in [9.17, 15) is 9.90 Å². The van der Waals surface area contributed by atoms with Gasteiger partial charge in [-0.05, 0) is 55.7 Å². The van der Waals surface area contributed by atoms with Crippen LogP contribution in [0.5, 0.6) is 0 Å². The molecule has 0 bridgehead atoms. The third-order valence-electron chi connectivity index (χ3n) is 4.02. The van der Waals surface area contributed by atoms with Crippen LogP contribution in [0, 0.1) is 5.92 Å². The third kappa shape index (κ3) is 4.85. The molecule has 1 fully saturated rings. The highest BCUT2D eigenvalue weighted by atomic mass is 16.3. The Morgan fingerprint density at radius 2 is 1.85 bits per heavy atom. The second kappa shape index (κ2) is 7.29. The van der Waals surface area contributed by atoms with Gasteiger partial charge in [-0.25, -0.2) is 0 Å². The van der Waals surface area contributed by atoms with Crippen molar-refractivity contribution < 1.29 is 9.90 Å². The lowest BCUT2D eigenvalue weighted by molar-refractivity contribution is -0.121. The molecule has 2 rings (SSSR count). The molecule has 0 heterocycles. The van der Waals surface area contributed by atoms with Crippen LogP contribution >= 0.6 is 0 Å². The van der Waals surface area contributed by atoms with E-state index in [0.29, 0.717) is 12.3 Å². The Hall–Kier alpha value is -1.55. The number of carbonyl (C=O) groups excluding carboxylic acids is 1. The number of benzene rings is 1. The zero-order chi connectivity index (χ0) is 14.4. The Kier molecular flexibility index (Phi) is 5.41. The number of aliphatic hydroxyl groups excluding tert-OH is 1. The first kappa shape index (κ1) is 14.9. The average Bonchev–Trinajstić information content (AvgIpc) is 2.46. The van der Waals surface area contributed by atoms with Gasteiger partial charge in [-0.3, -0.25) is 4.79 Å². The van der Waals surface area contributed by atoms with E-state index in [4.69, 9.17) is 5.73 Å². The van der Waals surface area contributed by atoms with E-state index in [1.807, 2.05) is 24.3 Å². The Bertz CT molecular complexity index is 423. The minimum Gasteiger partial charge on any atom is -0.399 e. The molecule has 4 nitrogen and oxygen atoms in total. The summed E-state index contributed by atoms with van der Waals surface area (Å²) in [4.78, 5) is 11.8. The fraction of sp³-hybridized carbons (Fsp3) is 0.562. The van der Waals surface area contributed by atoms with Crippen molar-refractivity contribution in [3.8, 4) is 0 Å². The number of carbonyl (C=O) groups is 1. The Morgan fingerprint density at radius 1 is 1.20 bits per heavy atom. The molecule has 1 saturated carbocycles. The predicted molar refractivity (Wildman–Crippen MR) is 80.1 cm³/mol. The molecule has 4 N–H and O–H groups in total. The summed E-state index contributed by atoms with van der Waals surface area (Å²) in [5.41, 5.74) is 7.51. The number of anilines is 1. The first-order chi connectivity index (χ1) is 9.63. The molecule has 0 atom stereocenters. The van der Waals surface area contributed by atoms with Gasteiger partial charge in [0.2, 0.25) is 5.91 Å². The lowest BCUT2D eigenvalue weighted by atomic mass is 9.87. The van der Waals surface area contributed by atoms with E-state index in [1.165, 1.54) is 0 Å². The smallest absolute Gasteiger partial charge is 0.220 e. The van der Waals surface area contributed by atoms with Crippen molar-refractivity contribution in [1.29, 1.82) is 0 Å². The number of amides is 1. The predicted octanol–water partition coefficient (Wildman–Crippen LogP) is 1.87. The summed E-state index contributed by atoms with van der Waals surface area (Å²) in [5.74, 6) is 0.631. The Labute approximate surface area is 120 Å². The van der Waals surface area contributed by atoms with E-state index in [-0.39, 0.29) is 12.0 Å². The monoisotopic (exact) mass is 276 g/mol. The number of aryl methyl sites for hydroxylation is 1. The normalized spacial score (nSPS) is 22.4. The average molecular weight is 276 g/mol. The standard InChI is InChI=1S/C16H24N2O2/c17-14-6-1-12(2-7-14)5-10-16(20)18-11-13-3-8-15(19)9-4-13/h1-2,6-7,13,15,19H,3-5,8-11,17H2,(H,18,20). The van der Waals surface area contributed by atoms with Gasteiger partial charge in [-0.15, -0.1) is 0 Å². The van der Waals surface area contributed by atoms with Crippen LogP contribution in [0.3, 0.4) is 0 Å². The van der Waals surface area contributed by atoms with Crippen molar-refractivity contribution in [3.63, 3.8) is 0 Å². The number of rotatable bonds is 5. The van der Waals surface area contributed by atoms with E-state index >= 15 is 0 Å². The van der Waals surface area contributed by atoms with Gasteiger partial charge in [0.15, 0.2) is 0 Å². The van der Waals surface area contributed by atoms with E-state index in [2.05, 4.69) is 5.32 Å². The number of aliphatic hydroxyl groups is 1. The molecule has 0 unspecified atom stereocenters. The van der Waals surface area contributed by atoms with Crippen LogP contribution in [0.15, 0.2) is 24.3 Å². The van der Waals surface area contributed by atoms with Gasteiger partial charge in [-0.2, -0.15) is 0 Å². The first-order valence-electron chi connectivity index (χ1n) is 7.42. The topological polar surface area (TPSA) is 75.4 Å². The molecule has 0 radical (unpaired) electrons. The maximum Gasteiger partial charge on any atom is 0.220 e. The van der Waals surface area contributed by atoms with Crippen molar-refractivity contribution in [2.24, 2.45) is 5.92 Å². The van der Waals surface area contributed by atoms with Crippen LogP contribution in [-0.2, 0) is 11.2 Å². The van der Waals surface area contributed by atoms with Gasteiger partial charge in [0, 0.05) is 18.7 Å². The van der Waals surface area contributed by atoms with Crippen LogP contribution in [0.2, 0.25) is 0 Å². The summed E-state index contributed by atoms with van der Waals surface area (Å²) >= 11 is 0. The molecular weight excluding hydrogens is 252 g/mol. The van der Waals surface area contributed by atoms with Crippen LogP contribution < -0.4 is 11.1 Å². The summed E-state index contributed by atoms with van der Waals surface area (Å²) < 4.78 is 0. The van der Waals surface area contributed by atoms with Gasteiger partial charge in [0.05, 0.1) is 6.10 Å². The van der Waals surface area contributed by atoms with Gasteiger partial charge >= 0.3 is 0 Å². The minimum atomic E-state index is -0.132. The maximum atomic E-state index is 11.8. The molecule has 0 aliphatic heterocycles. The fourth-order valence-corrected chi connectivity index (χ4v) is 2.64. The lowest BCUT2D eigenvalue weighted by Crippen LogP contribution is -2.32. The van der Waals surface area contributed by atoms with Crippen molar-refractivity contribution in [1.82, 2.24) is 5.32 Å². The lowest BCUT2D eigenvalue weighted by Gasteiger charge is -2.25. The number of nitrogens with one attached hydrogen (secondary N) is 1. The van der Waals surface area contributed by atoms with Crippen LogP contribution in [0.1, 0.15) is 37.7 Å². The van der Waals surface area contributed by atoms with Crippen molar-refractivity contribution in [3.05, 3.63) is 29.8 Å². The summed E-state index contributed by atoms with van der Waals surface area (Å²) in [7, 11) is 0. The molecule has 0 spiro atoms. The summed E-state index contributed by atoms with van der Waals surface area (Å²) in [6.45, 7) is 0.743. The highest BCUT2D eigenvalue weighted by Crippen LogP contribution is 2.23. The van der Waals surface area contributed by atoms with E-state index in [0.717, 1.165) is 49.9 Å². The summed E-state index contributed by atoms with van der Waals surface area (Å²) in [6.07, 6.45) is 4.89. The number of hydrogen-bond donors (Lipinski definition) is 3. The number of nitrogens with two attached hydrogens (primary N) is 1. The highest BCUT2D eigenvalue weighted by molar-refractivity contribution is 5.76. The molecule has 1 aromatic rings. The third-order valence-corrected chi connectivity index (χ3v) is 4.02. The van der Waals surface area contributed by atoms with Crippen molar-refractivity contribution in [2.75, 3.05) is 12.3 Å². The van der Waals surface area contributed by atoms with Crippen molar-refractivity contribution >= 4 is 11.6 Å². The zero-order valence-corrected chi connectivity index (χ0v) is 11.8. The minimum absolute atomic E-state index is 0.105. The maximum absolute atomic E-state index is 11.8. The molecule has 1 aliphatic rings. The molecular formula is C16H24N2O2. The van der Waals surface area contributed by atoms with Gasteiger partial charge in [-0.1, -0.05) is 12.1 Å². The highest BCUT2D eigenvalue weighted by Gasteiger charge is 2.19. The number of hydrogen-bond acceptors (Lipinski definition) is 3. The van der Waals surface area contributed by atoms with Gasteiger partial charge in [0.25, 0.3) is 0 Å². The SMILES string of the molecule is Nc1ccc(CCC(=O)NCC2CCC(O)CC2)cc1. The van der Waals surface area contributed by atoms with Gasteiger partial charge in [0.1, 0.15) is 0 Å².